The van der Waals surface area contributed by atoms with E-state index in [1.807, 2.05) is 12.5 Å². The molecule has 3 nitrogen and oxygen atoms in total. The van der Waals surface area contributed by atoms with E-state index in [0.717, 1.165) is 0 Å². The molecule has 1 unspecified atom stereocenters. The average molecular weight is 279 g/mol. The smallest absolute Gasteiger partial charge is 0.0951 e. The zero-order chi connectivity index (χ0) is 14.1. The van der Waals surface area contributed by atoms with Crippen molar-refractivity contribution in [2.24, 2.45) is 5.92 Å². The highest BCUT2D eigenvalue weighted by Crippen LogP contribution is 2.39. The van der Waals surface area contributed by atoms with Gasteiger partial charge in [0.15, 0.2) is 0 Å². The predicted octanol–water partition coefficient (Wildman–Crippen LogP) is 4.53. The zero-order valence-corrected chi connectivity index (χ0v) is 12.2. The van der Waals surface area contributed by atoms with Gasteiger partial charge >= 0.3 is 0 Å². The van der Waals surface area contributed by atoms with Crippen molar-refractivity contribution in [3.8, 4) is 0 Å². The van der Waals surface area contributed by atoms with Crippen LogP contribution < -0.4 is 0 Å². The van der Waals surface area contributed by atoms with Crippen LogP contribution in [0, 0.1) is 5.92 Å². The monoisotopic (exact) mass is 279 g/mol. The van der Waals surface area contributed by atoms with Gasteiger partial charge in [-0.3, -0.25) is 0 Å². The third-order valence-electron chi connectivity index (χ3n) is 4.88. The number of imidazole rings is 1. The van der Waals surface area contributed by atoms with Gasteiger partial charge in [-0.1, -0.05) is 37.5 Å². The molecule has 0 spiro atoms. The van der Waals surface area contributed by atoms with Gasteiger partial charge in [0, 0.05) is 35.1 Å². The van der Waals surface area contributed by atoms with Crippen LogP contribution in [0.2, 0.25) is 0 Å². The lowest BCUT2D eigenvalue weighted by atomic mass is 9.81. The molecule has 2 aromatic heterocycles. The third-order valence-corrected chi connectivity index (χ3v) is 4.88. The molecule has 0 amide bonds. The van der Waals surface area contributed by atoms with Gasteiger partial charge in [-0.05, 0) is 24.8 Å². The van der Waals surface area contributed by atoms with E-state index in [2.05, 4.69) is 51.2 Å². The van der Waals surface area contributed by atoms with Crippen molar-refractivity contribution in [3.63, 3.8) is 0 Å². The fourth-order valence-corrected chi connectivity index (χ4v) is 3.88. The Balaban J connectivity index is 1.81. The summed E-state index contributed by atoms with van der Waals surface area (Å²) in [5, 5.41) is 1.35. The molecule has 1 aliphatic carbocycles. The number of aromatic nitrogens is 3. The normalized spacial score (nSPS) is 18.1. The summed E-state index contributed by atoms with van der Waals surface area (Å²) in [6.45, 7) is 0. The first kappa shape index (κ1) is 12.7. The Morgan fingerprint density at radius 3 is 2.81 bits per heavy atom. The molecule has 1 fully saturated rings. The van der Waals surface area contributed by atoms with E-state index in [1.165, 1.54) is 48.6 Å². The summed E-state index contributed by atoms with van der Waals surface area (Å²) < 4.78 is 2.30. The van der Waals surface area contributed by atoms with Crippen LogP contribution in [0.5, 0.6) is 0 Å². The van der Waals surface area contributed by atoms with E-state index >= 15 is 0 Å². The Morgan fingerprint density at radius 1 is 1.14 bits per heavy atom. The Hall–Kier alpha value is -2.03. The summed E-state index contributed by atoms with van der Waals surface area (Å²) in [4.78, 5) is 7.72. The molecule has 0 bridgehead atoms. The van der Waals surface area contributed by atoms with E-state index in [1.54, 1.807) is 0 Å². The lowest BCUT2D eigenvalue weighted by Gasteiger charge is -2.31. The Morgan fingerprint density at radius 2 is 2.00 bits per heavy atom. The van der Waals surface area contributed by atoms with Crippen molar-refractivity contribution in [2.75, 3.05) is 0 Å². The molecule has 0 radical (unpaired) electrons. The molecule has 1 aromatic carbocycles. The zero-order valence-electron chi connectivity index (χ0n) is 12.2. The molecule has 2 heterocycles. The second kappa shape index (κ2) is 5.40. The molecule has 1 atom stereocenters. The molecule has 108 valence electrons. The number of nitrogens with one attached hydrogen (secondary N) is 1. The average Bonchev–Trinajstić information content (AvgIpc) is 3.20. The molecule has 21 heavy (non-hydrogen) atoms. The first-order chi connectivity index (χ1) is 10.4. The summed E-state index contributed by atoms with van der Waals surface area (Å²) >= 11 is 0. The van der Waals surface area contributed by atoms with Crippen LogP contribution in [-0.4, -0.2) is 14.5 Å². The van der Waals surface area contributed by atoms with Gasteiger partial charge in [0.05, 0.1) is 12.4 Å². The van der Waals surface area contributed by atoms with Crippen LogP contribution in [-0.2, 0) is 0 Å². The standard InChI is InChI=1S/C18H21N3/c1-2-6-14(7-3-1)18(21-11-10-19-13-21)16-12-20-17-9-5-4-8-15(16)17/h4-5,8-14,18,20H,1-3,6-7H2. The molecule has 1 aliphatic rings. The number of aromatic amines is 1. The van der Waals surface area contributed by atoms with Crippen molar-refractivity contribution >= 4 is 10.9 Å². The molecular formula is C18H21N3. The van der Waals surface area contributed by atoms with Crippen molar-refractivity contribution < 1.29 is 0 Å². The SMILES string of the molecule is c1ccc2c(C(C3CCCCC3)n3ccnc3)c[nH]c2c1. The van der Waals surface area contributed by atoms with E-state index in [9.17, 15) is 0 Å². The van der Waals surface area contributed by atoms with Crippen molar-refractivity contribution in [3.05, 3.63) is 54.7 Å². The summed E-state index contributed by atoms with van der Waals surface area (Å²) in [5.41, 5.74) is 2.64. The van der Waals surface area contributed by atoms with Gasteiger partial charge < -0.3 is 9.55 Å². The highest BCUT2D eigenvalue weighted by atomic mass is 15.1. The van der Waals surface area contributed by atoms with Crippen LogP contribution in [0.1, 0.15) is 43.7 Å². The van der Waals surface area contributed by atoms with Gasteiger partial charge in [-0.25, -0.2) is 4.98 Å². The van der Waals surface area contributed by atoms with Gasteiger partial charge in [-0.2, -0.15) is 0 Å². The second-order valence-corrected chi connectivity index (χ2v) is 6.14. The predicted molar refractivity (Wildman–Crippen MR) is 85.2 cm³/mol. The lowest BCUT2D eigenvalue weighted by Crippen LogP contribution is -2.22. The third kappa shape index (κ3) is 2.27. The molecule has 0 aliphatic heterocycles. The van der Waals surface area contributed by atoms with Crippen LogP contribution >= 0.6 is 0 Å². The molecule has 3 heteroatoms. The largest absolute Gasteiger partial charge is 0.361 e. The Bertz CT molecular complexity index is 705. The minimum absolute atomic E-state index is 0.406. The highest BCUT2D eigenvalue weighted by molar-refractivity contribution is 5.83. The maximum atomic E-state index is 4.28. The number of H-pyrrole nitrogens is 1. The Kier molecular flexibility index (Phi) is 3.26. The lowest BCUT2D eigenvalue weighted by molar-refractivity contribution is 0.280. The minimum atomic E-state index is 0.406. The summed E-state index contributed by atoms with van der Waals surface area (Å²) in [6.07, 6.45) is 14.9. The van der Waals surface area contributed by atoms with E-state index in [0.29, 0.717) is 12.0 Å². The number of hydrogen-bond acceptors (Lipinski definition) is 1. The molecule has 3 aromatic rings. The molecular weight excluding hydrogens is 258 g/mol. The number of rotatable bonds is 3. The summed E-state index contributed by atoms with van der Waals surface area (Å²) in [6, 6.07) is 9.02. The van der Waals surface area contributed by atoms with Crippen LogP contribution in [0.4, 0.5) is 0 Å². The maximum absolute atomic E-state index is 4.28. The molecule has 1 saturated carbocycles. The number of para-hydroxylation sites is 1. The fraction of sp³-hybridized carbons (Fsp3) is 0.389. The van der Waals surface area contributed by atoms with Crippen LogP contribution in [0.15, 0.2) is 49.2 Å². The number of nitrogens with zero attached hydrogens (tertiary/aromatic N) is 2. The van der Waals surface area contributed by atoms with Crippen molar-refractivity contribution in [1.82, 2.24) is 14.5 Å². The van der Waals surface area contributed by atoms with Gasteiger partial charge in [0.1, 0.15) is 0 Å². The maximum Gasteiger partial charge on any atom is 0.0951 e. The second-order valence-electron chi connectivity index (χ2n) is 6.14. The Labute approximate surface area is 125 Å². The van der Waals surface area contributed by atoms with E-state index in [-0.39, 0.29) is 0 Å². The van der Waals surface area contributed by atoms with Crippen LogP contribution in [0.25, 0.3) is 10.9 Å². The first-order valence-electron chi connectivity index (χ1n) is 7.97. The molecule has 0 saturated heterocycles. The molecule has 1 N–H and O–H groups in total. The van der Waals surface area contributed by atoms with Gasteiger partial charge in [0.25, 0.3) is 0 Å². The quantitative estimate of drug-likeness (QED) is 0.750. The van der Waals surface area contributed by atoms with Crippen molar-refractivity contribution in [2.45, 2.75) is 38.1 Å². The summed E-state index contributed by atoms with van der Waals surface area (Å²) in [7, 11) is 0. The van der Waals surface area contributed by atoms with Crippen molar-refractivity contribution in [1.29, 1.82) is 0 Å². The fourth-order valence-electron chi connectivity index (χ4n) is 3.88. The summed E-state index contributed by atoms with van der Waals surface area (Å²) in [5.74, 6) is 0.715. The van der Waals surface area contributed by atoms with Gasteiger partial charge in [-0.15, -0.1) is 0 Å². The van der Waals surface area contributed by atoms with E-state index in [4.69, 9.17) is 0 Å². The minimum Gasteiger partial charge on any atom is -0.361 e. The van der Waals surface area contributed by atoms with E-state index < -0.39 is 0 Å². The number of fused-ring (bicyclic) bond motifs is 1. The first-order valence-corrected chi connectivity index (χ1v) is 7.97. The highest BCUT2D eigenvalue weighted by Gasteiger charge is 2.28. The van der Waals surface area contributed by atoms with Crippen LogP contribution in [0.3, 0.4) is 0 Å². The molecule has 4 rings (SSSR count). The van der Waals surface area contributed by atoms with Gasteiger partial charge in [0.2, 0.25) is 0 Å². The number of hydrogen-bond donors (Lipinski definition) is 1. The number of benzene rings is 1. The topological polar surface area (TPSA) is 33.6 Å².